The zero-order valence-electron chi connectivity index (χ0n) is 11.4. The van der Waals surface area contributed by atoms with Gasteiger partial charge in [0.25, 0.3) is 0 Å². The highest BCUT2D eigenvalue weighted by Crippen LogP contribution is 2.33. The largest absolute Gasteiger partial charge is 0.493 e. The Labute approximate surface area is 116 Å². The van der Waals surface area contributed by atoms with Crippen LogP contribution in [0.15, 0.2) is 18.2 Å². The van der Waals surface area contributed by atoms with Gasteiger partial charge in [0.1, 0.15) is 5.75 Å². The molecule has 1 aliphatic rings. The van der Waals surface area contributed by atoms with Gasteiger partial charge in [-0.15, -0.1) is 0 Å². The summed E-state index contributed by atoms with van der Waals surface area (Å²) in [5, 5.41) is 8.89. The van der Waals surface area contributed by atoms with E-state index in [4.69, 9.17) is 10.00 Å². The highest BCUT2D eigenvalue weighted by molar-refractivity contribution is 7.84. The van der Waals surface area contributed by atoms with Gasteiger partial charge in [0.2, 0.25) is 0 Å². The van der Waals surface area contributed by atoms with Crippen molar-refractivity contribution in [2.45, 2.75) is 38.0 Å². The summed E-state index contributed by atoms with van der Waals surface area (Å²) in [6.45, 7) is 6.39. The van der Waals surface area contributed by atoms with Gasteiger partial charge in [-0.25, -0.2) is 8.93 Å². The molecule has 0 amide bonds. The van der Waals surface area contributed by atoms with Crippen molar-refractivity contribution in [3.63, 3.8) is 0 Å². The zero-order chi connectivity index (χ0) is 14.0. The molecule has 0 aromatic heterocycles. The number of hydrogen-bond donors (Lipinski definition) is 1. The van der Waals surface area contributed by atoms with Gasteiger partial charge < -0.3 is 4.74 Å². The summed E-state index contributed by atoms with van der Waals surface area (Å²) >= 11 is 0. The lowest BCUT2D eigenvalue weighted by Crippen LogP contribution is -2.37. The van der Waals surface area contributed by atoms with Crippen LogP contribution >= 0.6 is 0 Å². The van der Waals surface area contributed by atoms with Gasteiger partial charge >= 0.3 is 0 Å². The van der Waals surface area contributed by atoms with Crippen LogP contribution in [0.25, 0.3) is 0 Å². The second-order valence-electron chi connectivity index (χ2n) is 5.55. The van der Waals surface area contributed by atoms with Crippen LogP contribution in [0.4, 0.5) is 0 Å². The van der Waals surface area contributed by atoms with E-state index in [2.05, 4.69) is 10.8 Å². The number of hydrogen-bond acceptors (Lipinski definition) is 3. The molecule has 1 heterocycles. The summed E-state index contributed by atoms with van der Waals surface area (Å²) in [5.74, 6) is 0.716. The average Bonchev–Trinajstić information content (AvgIpc) is 2.37. The first-order chi connectivity index (χ1) is 8.91. The molecule has 2 atom stereocenters. The Morgan fingerprint density at radius 3 is 2.84 bits per heavy atom. The summed E-state index contributed by atoms with van der Waals surface area (Å²) < 4.78 is 20.6. The topological polar surface area (TPSA) is 62.1 Å². The van der Waals surface area contributed by atoms with Crippen molar-refractivity contribution in [2.75, 3.05) is 6.61 Å². The van der Waals surface area contributed by atoms with Gasteiger partial charge in [-0.2, -0.15) is 5.26 Å². The fourth-order valence-electron chi connectivity index (χ4n) is 1.89. The normalized spacial score (nSPS) is 20.0. The molecule has 0 fully saturated rings. The molecule has 1 aromatic rings. The molecular weight excluding hydrogens is 260 g/mol. The van der Waals surface area contributed by atoms with Crippen molar-refractivity contribution in [2.24, 2.45) is 0 Å². The van der Waals surface area contributed by atoms with E-state index in [9.17, 15) is 4.21 Å². The third-order valence-electron chi connectivity index (χ3n) is 2.99. The van der Waals surface area contributed by atoms with Gasteiger partial charge in [-0.1, -0.05) is 6.07 Å². The number of nitriles is 1. The van der Waals surface area contributed by atoms with Crippen LogP contribution < -0.4 is 9.46 Å². The van der Waals surface area contributed by atoms with E-state index in [-0.39, 0.29) is 10.8 Å². The van der Waals surface area contributed by atoms with Crippen LogP contribution in [0.2, 0.25) is 0 Å². The van der Waals surface area contributed by atoms with Crippen LogP contribution in [-0.4, -0.2) is 15.6 Å². The van der Waals surface area contributed by atoms with E-state index in [0.29, 0.717) is 17.9 Å². The summed E-state index contributed by atoms with van der Waals surface area (Å²) in [6.07, 6.45) is 0.778. The molecule has 4 nitrogen and oxygen atoms in total. The predicted molar refractivity (Wildman–Crippen MR) is 75.0 cm³/mol. The molecule has 0 spiro atoms. The monoisotopic (exact) mass is 278 g/mol. The Morgan fingerprint density at radius 1 is 1.47 bits per heavy atom. The molecule has 0 aliphatic carbocycles. The fraction of sp³-hybridized carbons (Fsp3) is 0.500. The van der Waals surface area contributed by atoms with Crippen molar-refractivity contribution in [1.82, 2.24) is 4.72 Å². The van der Waals surface area contributed by atoms with Crippen LogP contribution in [-0.2, 0) is 11.0 Å². The molecule has 0 saturated carbocycles. The lowest BCUT2D eigenvalue weighted by atomic mass is 10.00. The van der Waals surface area contributed by atoms with Gasteiger partial charge in [-0.05, 0) is 32.9 Å². The first-order valence-corrected chi connectivity index (χ1v) is 7.41. The lowest BCUT2D eigenvalue weighted by molar-refractivity contribution is 0.263. The third kappa shape index (κ3) is 3.14. The predicted octanol–water partition coefficient (Wildman–Crippen LogP) is 2.43. The van der Waals surface area contributed by atoms with Crippen LogP contribution in [0, 0.1) is 11.3 Å². The van der Waals surface area contributed by atoms with Gasteiger partial charge in [0, 0.05) is 12.0 Å². The molecule has 19 heavy (non-hydrogen) atoms. The molecule has 1 aromatic carbocycles. The quantitative estimate of drug-likeness (QED) is 0.903. The number of ether oxygens (including phenoxy) is 1. The maximum atomic E-state index is 12.2. The number of nitrogens with zero attached hydrogens (tertiary/aromatic N) is 1. The maximum Gasteiger partial charge on any atom is 0.125 e. The van der Waals surface area contributed by atoms with Gasteiger partial charge in [-0.3, -0.25) is 0 Å². The SMILES string of the molecule is CC(C)(C)[S@](=O)N[C@H]1CCOc2cc(C#N)ccc21. The first-order valence-electron chi connectivity index (χ1n) is 6.26. The molecular formula is C14H18N2O2S. The number of benzene rings is 1. The van der Waals surface area contributed by atoms with E-state index in [0.717, 1.165) is 12.0 Å². The van der Waals surface area contributed by atoms with Crippen LogP contribution in [0.5, 0.6) is 5.75 Å². The van der Waals surface area contributed by atoms with Crippen LogP contribution in [0.1, 0.15) is 44.4 Å². The van der Waals surface area contributed by atoms with E-state index < -0.39 is 11.0 Å². The maximum absolute atomic E-state index is 12.2. The summed E-state index contributed by atoms with van der Waals surface area (Å²) in [6, 6.07) is 7.49. The lowest BCUT2D eigenvalue weighted by Gasteiger charge is -2.29. The molecule has 5 heteroatoms. The van der Waals surface area contributed by atoms with Gasteiger partial charge in [0.05, 0.1) is 40.0 Å². The van der Waals surface area contributed by atoms with E-state index in [1.807, 2.05) is 26.8 Å². The van der Waals surface area contributed by atoms with Gasteiger partial charge in [0.15, 0.2) is 0 Å². The Morgan fingerprint density at radius 2 is 2.21 bits per heavy atom. The highest BCUT2D eigenvalue weighted by atomic mass is 32.2. The Balaban J connectivity index is 2.24. The molecule has 1 aliphatic heterocycles. The summed E-state index contributed by atoms with van der Waals surface area (Å²) in [4.78, 5) is 0. The minimum atomic E-state index is -1.12. The molecule has 102 valence electrons. The molecule has 1 N–H and O–H groups in total. The molecule has 2 rings (SSSR count). The number of fused-ring (bicyclic) bond motifs is 1. The minimum Gasteiger partial charge on any atom is -0.493 e. The molecule has 0 unspecified atom stereocenters. The second-order valence-corrected chi connectivity index (χ2v) is 7.55. The van der Waals surface area contributed by atoms with Crippen molar-refractivity contribution >= 4 is 11.0 Å². The third-order valence-corrected chi connectivity index (χ3v) is 4.60. The van der Waals surface area contributed by atoms with Crippen molar-refractivity contribution in [3.05, 3.63) is 29.3 Å². The Kier molecular flexibility index (Phi) is 3.93. The van der Waals surface area contributed by atoms with Crippen molar-refractivity contribution in [3.8, 4) is 11.8 Å². The first kappa shape index (κ1) is 14.0. The zero-order valence-corrected chi connectivity index (χ0v) is 12.2. The summed E-state index contributed by atoms with van der Waals surface area (Å²) in [5.41, 5.74) is 1.55. The number of rotatable bonds is 2. The Hall–Kier alpha value is -1.38. The van der Waals surface area contributed by atoms with Crippen molar-refractivity contribution < 1.29 is 8.95 Å². The smallest absolute Gasteiger partial charge is 0.125 e. The number of nitrogens with one attached hydrogen (secondary N) is 1. The fourth-order valence-corrected chi connectivity index (χ4v) is 2.74. The van der Waals surface area contributed by atoms with Crippen LogP contribution in [0.3, 0.4) is 0 Å². The van der Waals surface area contributed by atoms with E-state index in [1.54, 1.807) is 12.1 Å². The van der Waals surface area contributed by atoms with Crippen molar-refractivity contribution in [1.29, 1.82) is 5.26 Å². The van der Waals surface area contributed by atoms with E-state index in [1.165, 1.54) is 0 Å². The van der Waals surface area contributed by atoms with E-state index >= 15 is 0 Å². The molecule has 0 radical (unpaired) electrons. The minimum absolute atomic E-state index is 0.0107. The molecule has 0 saturated heterocycles. The summed E-state index contributed by atoms with van der Waals surface area (Å²) in [7, 11) is -1.12. The molecule has 0 bridgehead atoms. The average molecular weight is 278 g/mol. The second kappa shape index (κ2) is 5.32. The Bertz CT molecular complexity index is 543. The standard InChI is InChI=1S/C14H18N2O2S/c1-14(2,3)19(17)16-12-6-7-18-13-8-10(9-15)4-5-11(12)13/h4-5,8,12,16H,6-7H2,1-3H3/t12-,19-/m0/s1. The highest BCUT2D eigenvalue weighted by Gasteiger charge is 2.27.